The summed E-state index contributed by atoms with van der Waals surface area (Å²) in [4.78, 5) is 2.70. The van der Waals surface area contributed by atoms with E-state index in [4.69, 9.17) is 4.74 Å². The van der Waals surface area contributed by atoms with Gasteiger partial charge in [0.2, 0.25) is 0 Å². The van der Waals surface area contributed by atoms with Crippen LogP contribution in [-0.2, 0) is 4.74 Å². The van der Waals surface area contributed by atoms with Crippen LogP contribution in [-0.4, -0.2) is 50.8 Å². The first-order valence-electron chi connectivity index (χ1n) is 8.56. The lowest BCUT2D eigenvalue weighted by Gasteiger charge is -2.40. The number of methoxy groups -OCH3 is 1. The summed E-state index contributed by atoms with van der Waals surface area (Å²) < 4.78 is 5.29. The second-order valence-corrected chi connectivity index (χ2v) is 7.19. The van der Waals surface area contributed by atoms with E-state index in [-0.39, 0.29) is 0 Å². The second-order valence-electron chi connectivity index (χ2n) is 7.19. The van der Waals surface area contributed by atoms with E-state index in [9.17, 15) is 0 Å². The van der Waals surface area contributed by atoms with Crippen LogP contribution in [0.25, 0.3) is 0 Å². The molecule has 0 saturated heterocycles. The SMILES string of the molecule is CNC1CCC(C(C)C)CC1CN(CCOC)C1CC1. The van der Waals surface area contributed by atoms with Gasteiger partial charge in [-0.25, -0.2) is 0 Å². The van der Waals surface area contributed by atoms with Crippen molar-refractivity contribution in [2.75, 3.05) is 33.9 Å². The molecule has 0 aromatic carbocycles. The zero-order valence-electron chi connectivity index (χ0n) is 13.9. The van der Waals surface area contributed by atoms with Crippen molar-refractivity contribution in [3.63, 3.8) is 0 Å². The van der Waals surface area contributed by atoms with Crippen LogP contribution in [0, 0.1) is 17.8 Å². The van der Waals surface area contributed by atoms with Crippen LogP contribution in [0.5, 0.6) is 0 Å². The number of rotatable bonds is 8. The summed E-state index contributed by atoms with van der Waals surface area (Å²) in [5.41, 5.74) is 0. The van der Waals surface area contributed by atoms with Crippen LogP contribution in [0.3, 0.4) is 0 Å². The first-order chi connectivity index (χ1) is 9.65. The molecule has 2 rings (SSSR count). The average Bonchev–Trinajstić information content (AvgIpc) is 3.27. The molecule has 0 heterocycles. The van der Waals surface area contributed by atoms with E-state index in [2.05, 4.69) is 31.1 Å². The third-order valence-electron chi connectivity index (χ3n) is 5.45. The quantitative estimate of drug-likeness (QED) is 0.741. The van der Waals surface area contributed by atoms with Crippen molar-refractivity contribution in [1.82, 2.24) is 10.2 Å². The molecule has 3 nitrogen and oxygen atoms in total. The highest BCUT2D eigenvalue weighted by Gasteiger charge is 2.35. The molecule has 0 aliphatic heterocycles. The summed E-state index contributed by atoms with van der Waals surface area (Å²) in [6.07, 6.45) is 6.95. The molecule has 2 aliphatic carbocycles. The summed E-state index contributed by atoms with van der Waals surface area (Å²) in [7, 11) is 3.96. The largest absolute Gasteiger partial charge is 0.383 e. The van der Waals surface area contributed by atoms with Gasteiger partial charge in [0.15, 0.2) is 0 Å². The lowest BCUT2D eigenvalue weighted by molar-refractivity contribution is 0.0952. The minimum Gasteiger partial charge on any atom is -0.383 e. The van der Waals surface area contributed by atoms with Crippen molar-refractivity contribution in [2.45, 2.75) is 58.0 Å². The first-order valence-corrected chi connectivity index (χ1v) is 8.56. The molecule has 3 atom stereocenters. The molecule has 0 spiro atoms. The van der Waals surface area contributed by atoms with Crippen molar-refractivity contribution < 1.29 is 4.74 Å². The number of nitrogens with zero attached hydrogens (tertiary/aromatic N) is 1. The van der Waals surface area contributed by atoms with Crippen molar-refractivity contribution in [2.24, 2.45) is 17.8 Å². The molecule has 0 aromatic rings. The predicted molar refractivity (Wildman–Crippen MR) is 85.0 cm³/mol. The molecule has 0 bridgehead atoms. The maximum absolute atomic E-state index is 5.29. The number of hydrogen-bond donors (Lipinski definition) is 1. The molecule has 0 amide bonds. The van der Waals surface area contributed by atoms with E-state index in [1.54, 1.807) is 0 Å². The number of nitrogens with one attached hydrogen (secondary N) is 1. The highest BCUT2D eigenvalue weighted by molar-refractivity contribution is 4.91. The number of hydrogen-bond acceptors (Lipinski definition) is 3. The van der Waals surface area contributed by atoms with Crippen molar-refractivity contribution in [3.8, 4) is 0 Å². The van der Waals surface area contributed by atoms with E-state index in [1.807, 2.05) is 7.11 Å². The van der Waals surface area contributed by atoms with Crippen LogP contribution >= 0.6 is 0 Å². The lowest BCUT2D eigenvalue weighted by Crippen LogP contribution is -2.46. The van der Waals surface area contributed by atoms with Gasteiger partial charge in [0.1, 0.15) is 0 Å². The van der Waals surface area contributed by atoms with E-state index < -0.39 is 0 Å². The Bertz CT molecular complexity index is 278. The molecule has 0 radical (unpaired) electrons. The molecule has 3 heteroatoms. The first kappa shape index (κ1) is 16.3. The van der Waals surface area contributed by atoms with E-state index in [0.29, 0.717) is 6.04 Å². The summed E-state index contributed by atoms with van der Waals surface area (Å²) in [6, 6.07) is 1.57. The van der Waals surface area contributed by atoms with Gasteiger partial charge in [0.05, 0.1) is 6.61 Å². The zero-order chi connectivity index (χ0) is 14.5. The fourth-order valence-electron chi connectivity index (χ4n) is 3.86. The smallest absolute Gasteiger partial charge is 0.0589 e. The van der Waals surface area contributed by atoms with Gasteiger partial charge in [0.25, 0.3) is 0 Å². The van der Waals surface area contributed by atoms with Gasteiger partial charge in [-0.3, -0.25) is 4.90 Å². The van der Waals surface area contributed by atoms with Crippen molar-refractivity contribution in [3.05, 3.63) is 0 Å². The Morgan fingerprint density at radius 1 is 1.20 bits per heavy atom. The van der Waals surface area contributed by atoms with Crippen LogP contribution in [0.2, 0.25) is 0 Å². The Balaban J connectivity index is 1.91. The number of ether oxygens (including phenoxy) is 1. The predicted octanol–water partition coefficient (Wildman–Crippen LogP) is 2.76. The Morgan fingerprint density at radius 3 is 2.50 bits per heavy atom. The Hall–Kier alpha value is -0.120. The van der Waals surface area contributed by atoms with E-state index >= 15 is 0 Å². The van der Waals surface area contributed by atoms with Crippen LogP contribution in [0.1, 0.15) is 46.0 Å². The van der Waals surface area contributed by atoms with Crippen LogP contribution < -0.4 is 5.32 Å². The van der Waals surface area contributed by atoms with Gasteiger partial charge in [-0.05, 0) is 56.9 Å². The van der Waals surface area contributed by atoms with Gasteiger partial charge < -0.3 is 10.1 Å². The van der Waals surface area contributed by atoms with Crippen LogP contribution in [0.4, 0.5) is 0 Å². The highest BCUT2D eigenvalue weighted by atomic mass is 16.5. The third-order valence-corrected chi connectivity index (χ3v) is 5.45. The Kier molecular flexibility index (Phi) is 6.31. The molecule has 1 N–H and O–H groups in total. The molecule has 20 heavy (non-hydrogen) atoms. The molecular formula is C17H34N2O. The van der Waals surface area contributed by atoms with Crippen molar-refractivity contribution in [1.29, 1.82) is 0 Å². The molecule has 2 fully saturated rings. The van der Waals surface area contributed by atoms with Crippen LogP contribution in [0.15, 0.2) is 0 Å². The maximum Gasteiger partial charge on any atom is 0.0589 e. The summed E-state index contributed by atoms with van der Waals surface area (Å²) >= 11 is 0. The molecule has 2 saturated carbocycles. The lowest BCUT2D eigenvalue weighted by atomic mass is 9.73. The molecule has 3 unspecified atom stereocenters. The van der Waals surface area contributed by atoms with Gasteiger partial charge in [-0.15, -0.1) is 0 Å². The van der Waals surface area contributed by atoms with Crippen molar-refractivity contribution >= 4 is 0 Å². The maximum atomic E-state index is 5.29. The highest BCUT2D eigenvalue weighted by Crippen LogP contribution is 2.36. The van der Waals surface area contributed by atoms with E-state index in [0.717, 1.165) is 36.9 Å². The minimum absolute atomic E-state index is 0.716. The normalized spacial score (nSPS) is 31.2. The Morgan fingerprint density at radius 2 is 1.95 bits per heavy atom. The standard InChI is InChI=1S/C17H34N2O/c1-13(2)14-5-8-17(18-3)15(11-14)12-19(9-10-20-4)16-6-7-16/h13-18H,5-12H2,1-4H3. The summed E-state index contributed by atoms with van der Waals surface area (Å²) in [6.45, 7) is 8.04. The fourth-order valence-corrected chi connectivity index (χ4v) is 3.86. The molecular weight excluding hydrogens is 248 g/mol. The second kappa shape index (κ2) is 7.77. The van der Waals surface area contributed by atoms with Gasteiger partial charge in [-0.1, -0.05) is 13.8 Å². The third kappa shape index (κ3) is 4.44. The minimum atomic E-state index is 0.716. The van der Waals surface area contributed by atoms with Gasteiger partial charge >= 0.3 is 0 Å². The molecule has 0 aromatic heterocycles. The molecule has 2 aliphatic rings. The summed E-state index contributed by atoms with van der Waals surface area (Å²) in [5.74, 6) is 2.58. The van der Waals surface area contributed by atoms with Gasteiger partial charge in [-0.2, -0.15) is 0 Å². The topological polar surface area (TPSA) is 24.5 Å². The Labute approximate surface area is 125 Å². The molecule has 118 valence electrons. The monoisotopic (exact) mass is 282 g/mol. The fraction of sp³-hybridized carbons (Fsp3) is 1.00. The van der Waals surface area contributed by atoms with Gasteiger partial charge in [0, 0.05) is 32.3 Å². The van der Waals surface area contributed by atoms with E-state index in [1.165, 1.54) is 38.6 Å². The average molecular weight is 282 g/mol. The summed E-state index contributed by atoms with van der Waals surface area (Å²) in [5, 5.41) is 3.58. The zero-order valence-corrected chi connectivity index (χ0v) is 13.9.